The topological polar surface area (TPSA) is 91.2 Å². The first-order valence-electron chi connectivity index (χ1n) is 6.59. The number of imide groups is 1. The van der Waals surface area contributed by atoms with Gasteiger partial charge in [0.2, 0.25) is 0 Å². The van der Waals surface area contributed by atoms with E-state index in [0.717, 1.165) is 5.01 Å². The van der Waals surface area contributed by atoms with E-state index in [2.05, 4.69) is 26.3 Å². The van der Waals surface area contributed by atoms with Crippen molar-refractivity contribution >= 4 is 34.1 Å². The minimum Gasteiger partial charge on any atom is -0.503 e. The lowest BCUT2D eigenvalue weighted by Gasteiger charge is -2.17. The molecule has 0 bridgehead atoms. The van der Waals surface area contributed by atoms with E-state index in [-0.39, 0.29) is 11.5 Å². The van der Waals surface area contributed by atoms with Crippen LogP contribution < -0.4 is 10.1 Å². The van der Waals surface area contributed by atoms with E-state index in [4.69, 9.17) is 4.74 Å². The van der Waals surface area contributed by atoms with E-state index in [9.17, 15) is 14.7 Å². The molecule has 1 aliphatic heterocycles. The Balaban J connectivity index is 2.28. The van der Waals surface area contributed by atoms with Crippen LogP contribution in [0.4, 0.5) is 4.79 Å². The first kappa shape index (κ1) is 16.3. The van der Waals surface area contributed by atoms with Gasteiger partial charge >= 0.3 is 6.03 Å². The molecule has 3 amide bonds. The second kappa shape index (κ2) is 5.96. The number of nitrogens with zero attached hydrogens (tertiary/aromatic N) is 2. The Morgan fingerprint density at radius 1 is 1.50 bits per heavy atom. The zero-order chi connectivity index (χ0) is 16.5. The number of carbonyl (C=O) groups is 2. The standard InChI is InChI=1S/C14H16BrN3O4/c1-4-14(2)12(20)18(13(21)17-14)16-7-8-5-9(15)11(19)10(6-8)22-3/h5-7,19H,4H2,1-3H3,(H,17,21)/b16-7+. The van der Waals surface area contributed by atoms with Gasteiger partial charge in [-0.1, -0.05) is 6.92 Å². The molecule has 0 aliphatic carbocycles. The van der Waals surface area contributed by atoms with Gasteiger partial charge < -0.3 is 15.2 Å². The number of amides is 3. The Hall–Kier alpha value is -2.09. The van der Waals surface area contributed by atoms with Crippen molar-refractivity contribution in [1.82, 2.24) is 10.3 Å². The van der Waals surface area contributed by atoms with Crippen molar-refractivity contribution in [3.05, 3.63) is 22.2 Å². The molecule has 0 saturated carbocycles. The predicted molar refractivity (Wildman–Crippen MR) is 84.0 cm³/mol. The van der Waals surface area contributed by atoms with Gasteiger partial charge in [0.1, 0.15) is 5.54 Å². The summed E-state index contributed by atoms with van der Waals surface area (Å²) >= 11 is 3.19. The highest BCUT2D eigenvalue weighted by Gasteiger charge is 2.46. The summed E-state index contributed by atoms with van der Waals surface area (Å²) in [6.45, 7) is 3.47. The number of rotatable bonds is 4. The number of phenolic OH excluding ortho intramolecular Hbond substituents is 1. The van der Waals surface area contributed by atoms with E-state index in [1.807, 2.05) is 6.92 Å². The molecule has 0 spiro atoms. The van der Waals surface area contributed by atoms with E-state index < -0.39 is 17.5 Å². The van der Waals surface area contributed by atoms with Crippen molar-refractivity contribution in [2.75, 3.05) is 7.11 Å². The van der Waals surface area contributed by atoms with Gasteiger partial charge in [-0.2, -0.15) is 5.10 Å². The second-order valence-corrected chi connectivity index (χ2v) is 5.89. The van der Waals surface area contributed by atoms with Gasteiger partial charge in [0, 0.05) is 0 Å². The number of benzene rings is 1. The van der Waals surface area contributed by atoms with E-state index in [1.54, 1.807) is 19.1 Å². The van der Waals surface area contributed by atoms with Crippen LogP contribution in [0, 0.1) is 0 Å². The lowest BCUT2D eigenvalue weighted by Crippen LogP contribution is -2.42. The number of aromatic hydroxyl groups is 1. The van der Waals surface area contributed by atoms with Gasteiger partial charge in [-0.25, -0.2) is 4.79 Å². The maximum Gasteiger partial charge on any atom is 0.346 e. The molecule has 22 heavy (non-hydrogen) atoms. The SMILES string of the molecule is CCC1(C)NC(=O)N(/N=C/c2cc(Br)c(O)c(OC)c2)C1=O. The largest absolute Gasteiger partial charge is 0.503 e. The molecule has 1 heterocycles. The number of halogens is 1. The molecule has 0 radical (unpaired) electrons. The summed E-state index contributed by atoms with van der Waals surface area (Å²) in [6, 6.07) is 2.58. The lowest BCUT2D eigenvalue weighted by molar-refractivity contribution is -0.130. The first-order chi connectivity index (χ1) is 10.3. The van der Waals surface area contributed by atoms with Gasteiger partial charge in [0.05, 0.1) is 17.8 Å². The highest BCUT2D eigenvalue weighted by Crippen LogP contribution is 2.34. The van der Waals surface area contributed by atoms with Crippen molar-refractivity contribution in [1.29, 1.82) is 0 Å². The second-order valence-electron chi connectivity index (χ2n) is 5.03. The summed E-state index contributed by atoms with van der Waals surface area (Å²) in [5.74, 6) is -0.180. The molecule has 1 saturated heterocycles. The summed E-state index contributed by atoms with van der Waals surface area (Å²) in [5, 5.41) is 17.1. The number of nitrogens with one attached hydrogen (secondary N) is 1. The third kappa shape index (κ3) is 2.78. The van der Waals surface area contributed by atoms with E-state index in [0.29, 0.717) is 16.5 Å². The smallest absolute Gasteiger partial charge is 0.346 e. The van der Waals surface area contributed by atoms with Gasteiger partial charge in [0.15, 0.2) is 11.5 Å². The van der Waals surface area contributed by atoms with Crippen LogP contribution in [0.3, 0.4) is 0 Å². The predicted octanol–water partition coefficient (Wildman–Crippen LogP) is 2.22. The number of hydrazone groups is 1. The highest BCUT2D eigenvalue weighted by atomic mass is 79.9. The summed E-state index contributed by atoms with van der Waals surface area (Å²) in [4.78, 5) is 24.0. The molecule has 2 N–H and O–H groups in total. The Morgan fingerprint density at radius 3 is 2.73 bits per heavy atom. The molecule has 1 unspecified atom stereocenters. The molecule has 2 rings (SSSR count). The maximum atomic E-state index is 12.2. The number of urea groups is 1. The van der Waals surface area contributed by atoms with Crippen molar-refractivity contribution < 1.29 is 19.4 Å². The fourth-order valence-corrected chi connectivity index (χ4v) is 2.42. The van der Waals surface area contributed by atoms with Crippen LogP contribution in [0.2, 0.25) is 0 Å². The number of carbonyl (C=O) groups excluding carboxylic acids is 2. The molecule has 0 aromatic heterocycles. The number of phenols is 1. The number of ether oxygens (including phenoxy) is 1. The fourth-order valence-electron chi connectivity index (χ4n) is 1.96. The van der Waals surface area contributed by atoms with Crippen LogP contribution in [0.25, 0.3) is 0 Å². The Bertz CT molecular complexity index is 662. The fraction of sp³-hybridized carbons (Fsp3) is 0.357. The minimum atomic E-state index is -0.929. The Labute approximate surface area is 136 Å². The maximum absolute atomic E-state index is 12.2. The van der Waals surface area contributed by atoms with Crippen LogP contribution in [-0.4, -0.2) is 40.9 Å². The molecule has 1 aromatic rings. The quantitative estimate of drug-likeness (QED) is 0.628. The van der Waals surface area contributed by atoms with Crippen molar-refractivity contribution in [3.63, 3.8) is 0 Å². The van der Waals surface area contributed by atoms with Gasteiger partial charge in [0.25, 0.3) is 5.91 Å². The minimum absolute atomic E-state index is 0.0341. The van der Waals surface area contributed by atoms with Crippen LogP contribution in [-0.2, 0) is 4.79 Å². The third-order valence-electron chi connectivity index (χ3n) is 3.54. The lowest BCUT2D eigenvalue weighted by atomic mass is 10.00. The number of hydrogen-bond donors (Lipinski definition) is 2. The molecule has 118 valence electrons. The monoisotopic (exact) mass is 369 g/mol. The molecule has 1 aliphatic rings. The van der Waals surface area contributed by atoms with Gasteiger partial charge in [-0.3, -0.25) is 4.79 Å². The average Bonchev–Trinajstić information content (AvgIpc) is 2.71. The van der Waals surface area contributed by atoms with Crippen LogP contribution in [0.5, 0.6) is 11.5 Å². The third-order valence-corrected chi connectivity index (χ3v) is 4.14. The molecule has 7 nitrogen and oxygen atoms in total. The normalized spacial score (nSPS) is 21.5. The zero-order valence-corrected chi connectivity index (χ0v) is 14.0. The van der Waals surface area contributed by atoms with Gasteiger partial charge in [-0.15, -0.1) is 5.01 Å². The van der Waals surface area contributed by atoms with Crippen LogP contribution >= 0.6 is 15.9 Å². The van der Waals surface area contributed by atoms with Crippen LogP contribution in [0.1, 0.15) is 25.8 Å². The van der Waals surface area contributed by atoms with Crippen LogP contribution in [0.15, 0.2) is 21.7 Å². The molecule has 1 atom stereocenters. The van der Waals surface area contributed by atoms with Crippen molar-refractivity contribution in [2.24, 2.45) is 5.10 Å². The van der Waals surface area contributed by atoms with Gasteiger partial charge in [-0.05, 0) is 47.0 Å². The molecule has 1 fully saturated rings. The Kier molecular flexibility index (Phi) is 4.41. The molecule has 1 aromatic carbocycles. The number of hydrogen-bond acceptors (Lipinski definition) is 5. The molecule has 8 heteroatoms. The first-order valence-corrected chi connectivity index (χ1v) is 7.39. The zero-order valence-electron chi connectivity index (χ0n) is 12.4. The van der Waals surface area contributed by atoms with E-state index >= 15 is 0 Å². The summed E-state index contributed by atoms with van der Waals surface area (Å²) in [7, 11) is 1.42. The Morgan fingerprint density at radius 2 is 2.18 bits per heavy atom. The average molecular weight is 370 g/mol. The summed E-state index contributed by atoms with van der Waals surface area (Å²) in [5.41, 5.74) is -0.367. The molecular formula is C14H16BrN3O4. The highest BCUT2D eigenvalue weighted by molar-refractivity contribution is 9.10. The van der Waals surface area contributed by atoms with E-state index in [1.165, 1.54) is 13.3 Å². The van der Waals surface area contributed by atoms with Crippen molar-refractivity contribution in [3.8, 4) is 11.5 Å². The number of methoxy groups -OCH3 is 1. The summed E-state index contributed by atoms with van der Waals surface area (Å²) in [6.07, 6.45) is 1.83. The summed E-state index contributed by atoms with van der Waals surface area (Å²) < 4.78 is 5.45. The molecular weight excluding hydrogens is 354 g/mol. The van der Waals surface area contributed by atoms with Crippen molar-refractivity contribution in [2.45, 2.75) is 25.8 Å².